The van der Waals surface area contributed by atoms with E-state index < -0.39 is 5.97 Å². The number of hydrogen-bond acceptors (Lipinski definition) is 3. The number of carboxylic acid groups (broad SMARTS) is 1. The molecule has 1 heterocycles. The highest BCUT2D eigenvalue weighted by atomic mass is 16.4. The Kier molecular flexibility index (Phi) is 3.37. The quantitative estimate of drug-likeness (QED) is 0.729. The molecule has 0 radical (unpaired) electrons. The SMILES string of the molecule is CCNc1occc1CCC(=O)O. The molecule has 1 aromatic rings. The lowest BCUT2D eigenvalue weighted by Crippen LogP contribution is -2.01. The van der Waals surface area contributed by atoms with Crippen molar-refractivity contribution >= 4 is 11.9 Å². The number of anilines is 1. The van der Waals surface area contributed by atoms with Gasteiger partial charge < -0.3 is 14.8 Å². The van der Waals surface area contributed by atoms with Gasteiger partial charge in [0.15, 0.2) is 5.88 Å². The minimum Gasteiger partial charge on any atom is -0.481 e. The van der Waals surface area contributed by atoms with Crippen molar-refractivity contribution in [2.45, 2.75) is 19.8 Å². The molecule has 0 saturated heterocycles. The molecule has 0 fully saturated rings. The standard InChI is InChI=1S/C9H13NO3/c1-2-10-9-7(5-6-13-9)3-4-8(11)12/h5-6,10H,2-4H2,1H3,(H,11,12). The summed E-state index contributed by atoms with van der Waals surface area (Å²) in [5.41, 5.74) is 0.921. The lowest BCUT2D eigenvalue weighted by atomic mass is 10.2. The second kappa shape index (κ2) is 4.54. The largest absolute Gasteiger partial charge is 0.481 e. The van der Waals surface area contributed by atoms with Crippen molar-refractivity contribution in [3.8, 4) is 0 Å². The Morgan fingerprint density at radius 1 is 1.69 bits per heavy atom. The molecule has 72 valence electrons. The number of aryl methyl sites for hydroxylation is 1. The predicted molar refractivity (Wildman–Crippen MR) is 48.8 cm³/mol. The van der Waals surface area contributed by atoms with E-state index in [4.69, 9.17) is 9.52 Å². The van der Waals surface area contributed by atoms with Crippen molar-refractivity contribution in [3.05, 3.63) is 17.9 Å². The van der Waals surface area contributed by atoms with Crippen LogP contribution >= 0.6 is 0 Å². The molecule has 2 N–H and O–H groups in total. The van der Waals surface area contributed by atoms with E-state index in [0.29, 0.717) is 12.3 Å². The summed E-state index contributed by atoms with van der Waals surface area (Å²) < 4.78 is 5.13. The molecule has 0 unspecified atom stereocenters. The molecule has 0 bridgehead atoms. The Balaban J connectivity index is 2.54. The maximum Gasteiger partial charge on any atom is 0.303 e. The molecule has 0 saturated carbocycles. The van der Waals surface area contributed by atoms with Crippen LogP contribution in [0.25, 0.3) is 0 Å². The zero-order valence-electron chi connectivity index (χ0n) is 7.54. The van der Waals surface area contributed by atoms with E-state index in [2.05, 4.69) is 5.32 Å². The molecule has 0 aliphatic rings. The fourth-order valence-electron chi connectivity index (χ4n) is 1.09. The highest BCUT2D eigenvalue weighted by Gasteiger charge is 2.06. The number of carboxylic acids is 1. The first-order valence-corrected chi connectivity index (χ1v) is 4.26. The van der Waals surface area contributed by atoms with E-state index in [1.54, 1.807) is 12.3 Å². The summed E-state index contributed by atoms with van der Waals surface area (Å²) in [5, 5.41) is 11.5. The van der Waals surface area contributed by atoms with Gasteiger partial charge in [-0.05, 0) is 19.4 Å². The summed E-state index contributed by atoms with van der Waals surface area (Å²) in [6.07, 6.45) is 2.21. The average molecular weight is 183 g/mol. The zero-order chi connectivity index (χ0) is 9.68. The molecule has 0 aliphatic carbocycles. The van der Waals surface area contributed by atoms with Gasteiger partial charge in [0.2, 0.25) is 0 Å². The molecule has 0 aliphatic heterocycles. The van der Waals surface area contributed by atoms with Gasteiger partial charge in [-0.15, -0.1) is 0 Å². The third-order valence-electron chi connectivity index (χ3n) is 1.69. The molecular weight excluding hydrogens is 170 g/mol. The van der Waals surface area contributed by atoms with Gasteiger partial charge >= 0.3 is 5.97 Å². The molecule has 0 amide bonds. The maximum absolute atomic E-state index is 10.3. The van der Waals surface area contributed by atoms with E-state index in [-0.39, 0.29) is 6.42 Å². The molecule has 13 heavy (non-hydrogen) atoms. The highest BCUT2D eigenvalue weighted by Crippen LogP contribution is 2.17. The third-order valence-corrected chi connectivity index (χ3v) is 1.69. The second-order valence-corrected chi connectivity index (χ2v) is 2.70. The Bertz CT molecular complexity index is 280. The smallest absolute Gasteiger partial charge is 0.303 e. The van der Waals surface area contributed by atoms with E-state index in [0.717, 1.165) is 12.1 Å². The van der Waals surface area contributed by atoms with Crippen LogP contribution in [-0.4, -0.2) is 17.6 Å². The number of nitrogens with one attached hydrogen (secondary N) is 1. The molecule has 4 nitrogen and oxygen atoms in total. The van der Waals surface area contributed by atoms with Crippen LogP contribution in [0.1, 0.15) is 18.9 Å². The predicted octanol–water partition coefficient (Wildman–Crippen LogP) is 1.73. The normalized spacial score (nSPS) is 9.92. The second-order valence-electron chi connectivity index (χ2n) is 2.70. The summed E-state index contributed by atoms with van der Waals surface area (Å²) >= 11 is 0. The first-order chi connectivity index (χ1) is 6.24. The summed E-state index contributed by atoms with van der Waals surface area (Å²) in [5.74, 6) is -0.104. The molecule has 1 rings (SSSR count). The lowest BCUT2D eigenvalue weighted by Gasteiger charge is -2.01. The van der Waals surface area contributed by atoms with Gasteiger partial charge in [0.1, 0.15) is 0 Å². The molecule has 0 spiro atoms. The summed E-state index contributed by atoms with van der Waals surface area (Å²) in [6.45, 7) is 2.73. The van der Waals surface area contributed by atoms with Crippen LogP contribution in [0.3, 0.4) is 0 Å². The number of hydrogen-bond donors (Lipinski definition) is 2. The zero-order valence-corrected chi connectivity index (χ0v) is 7.54. The van der Waals surface area contributed by atoms with Crippen molar-refractivity contribution in [1.29, 1.82) is 0 Å². The number of carbonyl (C=O) groups is 1. The van der Waals surface area contributed by atoms with Gasteiger partial charge in [0.05, 0.1) is 6.26 Å². The average Bonchev–Trinajstić information content (AvgIpc) is 2.49. The van der Waals surface area contributed by atoms with Gasteiger partial charge in [0, 0.05) is 18.5 Å². The topological polar surface area (TPSA) is 62.5 Å². The Hall–Kier alpha value is -1.45. The summed E-state index contributed by atoms with van der Waals surface area (Å²) in [6, 6.07) is 1.79. The van der Waals surface area contributed by atoms with Gasteiger partial charge in [-0.2, -0.15) is 0 Å². The highest BCUT2D eigenvalue weighted by molar-refractivity contribution is 5.67. The first-order valence-electron chi connectivity index (χ1n) is 4.26. The Labute approximate surface area is 76.6 Å². The van der Waals surface area contributed by atoms with Crippen LogP contribution in [0, 0.1) is 0 Å². The van der Waals surface area contributed by atoms with Gasteiger partial charge in [0.25, 0.3) is 0 Å². The molecule has 0 atom stereocenters. The third kappa shape index (κ3) is 2.82. The van der Waals surface area contributed by atoms with Gasteiger partial charge in [-0.1, -0.05) is 0 Å². The van der Waals surface area contributed by atoms with E-state index >= 15 is 0 Å². The number of furan rings is 1. The first kappa shape index (κ1) is 9.64. The van der Waals surface area contributed by atoms with Crippen molar-refractivity contribution in [1.82, 2.24) is 0 Å². The summed E-state index contributed by atoms with van der Waals surface area (Å²) in [7, 11) is 0. The van der Waals surface area contributed by atoms with Crippen molar-refractivity contribution < 1.29 is 14.3 Å². The van der Waals surface area contributed by atoms with E-state index in [9.17, 15) is 4.79 Å². The maximum atomic E-state index is 10.3. The minimum atomic E-state index is -0.788. The van der Waals surface area contributed by atoms with Gasteiger partial charge in [-0.25, -0.2) is 0 Å². The van der Waals surface area contributed by atoms with E-state index in [1.807, 2.05) is 6.92 Å². The summed E-state index contributed by atoms with van der Waals surface area (Å²) in [4.78, 5) is 10.3. The van der Waals surface area contributed by atoms with Crippen molar-refractivity contribution in [2.24, 2.45) is 0 Å². The van der Waals surface area contributed by atoms with Crippen LogP contribution in [0.5, 0.6) is 0 Å². The van der Waals surface area contributed by atoms with Crippen LogP contribution in [0.15, 0.2) is 16.7 Å². The van der Waals surface area contributed by atoms with E-state index in [1.165, 1.54) is 0 Å². The Morgan fingerprint density at radius 3 is 3.08 bits per heavy atom. The van der Waals surface area contributed by atoms with Gasteiger partial charge in [-0.3, -0.25) is 4.79 Å². The fourth-order valence-corrected chi connectivity index (χ4v) is 1.09. The van der Waals surface area contributed by atoms with Crippen LogP contribution in [0.4, 0.5) is 5.88 Å². The Morgan fingerprint density at radius 2 is 2.46 bits per heavy atom. The molecule has 4 heteroatoms. The monoisotopic (exact) mass is 183 g/mol. The van der Waals surface area contributed by atoms with Crippen molar-refractivity contribution in [2.75, 3.05) is 11.9 Å². The minimum absolute atomic E-state index is 0.137. The number of aliphatic carboxylic acids is 1. The molecule has 0 aromatic carbocycles. The van der Waals surface area contributed by atoms with Crippen LogP contribution in [0.2, 0.25) is 0 Å². The lowest BCUT2D eigenvalue weighted by molar-refractivity contribution is -0.136. The molecule has 1 aromatic heterocycles. The molecular formula is C9H13NO3. The fraction of sp³-hybridized carbons (Fsp3) is 0.444. The van der Waals surface area contributed by atoms with Crippen molar-refractivity contribution in [3.63, 3.8) is 0 Å². The van der Waals surface area contributed by atoms with Crippen LogP contribution < -0.4 is 5.32 Å². The van der Waals surface area contributed by atoms with Crippen LogP contribution in [-0.2, 0) is 11.2 Å². The number of rotatable bonds is 5.